The molecule has 0 aliphatic heterocycles. The van der Waals surface area contributed by atoms with Gasteiger partial charge in [-0.25, -0.2) is 4.79 Å². The molecule has 0 spiro atoms. The Hall–Kier alpha value is -2.86. The molecule has 1 N–H and O–H groups in total. The van der Waals surface area contributed by atoms with Gasteiger partial charge < -0.3 is 14.8 Å². The normalized spacial score (nSPS) is 10.5. The van der Waals surface area contributed by atoms with Gasteiger partial charge in [-0.05, 0) is 40.8 Å². The molecule has 2 aromatic carbocycles. The first-order valence-electron chi connectivity index (χ1n) is 8.20. The molecule has 0 saturated heterocycles. The van der Waals surface area contributed by atoms with Crippen LogP contribution >= 0.6 is 11.3 Å². The molecular formula is C20H19NO4S. The van der Waals surface area contributed by atoms with Gasteiger partial charge in [0.15, 0.2) is 6.61 Å². The first-order chi connectivity index (χ1) is 12.7. The second kappa shape index (κ2) is 8.49. The Balaban J connectivity index is 1.57. The van der Waals surface area contributed by atoms with Gasteiger partial charge in [0.2, 0.25) is 0 Å². The predicted molar refractivity (Wildman–Crippen MR) is 102 cm³/mol. The lowest BCUT2D eigenvalue weighted by atomic mass is 10.1. The van der Waals surface area contributed by atoms with Crippen LogP contribution in [0.4, 0.5) is 0 Å². The summed E-state index contributed by atoms with van der Waals surface area (Å²) < 4.78 is 10.4. The van der Waals surface area contributed by atoms with Gasteiger partial charge in [0, 0.05) is 11.4 Å². The van der Waals surface area contributed by atoms with Crippen molar-refractivity contribution in [1.82, 2.24) is 5.32 Å². The van der Waals surface area contributed by atoms with Gasteiger partial charge in [-0.15, -0.1) is 11.3 Å². The van der Waals surface area contributed by atoms with Crippen molar-refractivity contribution in [2.24, 2.45) is 0 Å². The van der Waals surface area contributed by atoms with E-state index in [1.54, 1.807) is 23.5 Å². The second-order valence-corrected chi connectivity index (χ2v) is 6.69. The van der Waals surface area contributed by atoms with Crippen molar-refractivity contribution >= 4 is 34.0 Å². The molecule has 0 saturated carbocycles. The first-order valence-corrected chi connectivity index (χ1v) is 9.08. The molecule has 3 aromatic rings. The van der Waals surface area contributed by atoms with Gasteiger partial charge in [0.25, 0.3) is 5.91 Å². The quantitative estimate of drug-likeness (QED) is 0.648. The number of nitrogens with one attached hydrogen (secondary N) is 1. The fourth-order valence-corrected chi connectivity index (χ4v) is 3.30. The lowest BCUT2D eigenvalue weighted by molar-refractivity contribution is -0.124. The van der Waals surface area contributed by atoms with Crippen LogP contribution in [-0.2, 0) is 16.0 Å². The first kappa shape index (κ1) is 17.9. The van der Waals surface area contributed by atoms with Crippen molar-refractivity contribution < 1.29 is 19.1 Å². The molecule has 134 valence electrons. The summed E-state index contributed by atoms with van der Waals surface area (Å²) in [6, 6.07) is 15.1. The van der Waals surface area contributed by atoms with Crippen LogP contribution in [0.5, 0.6) is 5.75 Å². The molecule has 0 radical (unpaired) electrons. The van der Waals surface area contributed by atoms with E-state index in [4.69, 9.17) is 9.47 Å². The van der Waals surface area contributed by atoms with Gasteiger partial charge in [0.1, 0.15) is 11.3 Å². The molecule has 1 aromatic heterocycles. The van der Waals surface area contributed by atoms with E-state index in [9.17, 15) is 9.59 Å². The van der Waals surface area contributed by atoms with E-state index in [0.29, 0.717) is 17.9 Å². The molecule has 26 heavy (non-hydrogen) atoms. The van der Waals surface area contributed by atoms with E-state index in [1.807, 2.05) is 41.8 Å². The highest BCUT2D eigenvalue weighted by atomic mass is 32.1. The highest BCUT2D eigenvalue weighted by Gasteiger charge is 2.16. The van der Waals surface area contributed by atoms with E-state index in [1.165, 1.54) is 12.0 Å². The Morgan fingerprint density at radius 2 is 1.85 bits per heavy atom. The highest BCUT2D eigenvalue weighted by molar-refractivity contribution is 7.09. The Morgan fingerprint density at radius 3 is 2.54 bits per heavy atom. The summed E-state index contributed by atoms with van der Waals surface area (Å²) in [6.45, 7) is 0.190. The molecule has 0 unspecified atom stereocenters. The molecule has 0 aliphatic rings. The lowest BCUT2D eigenvalue weighted by Crippen LogP contribution is -2.30. The number of hydrogen-bond acceptors (Lipinski definition) is 5. The third kappa shape index (κ3) is 4.40. The Labute approximate surface area is 155 Å². The van der Waals surface area contributed by atoms with E-state index in [0.717, 1.165) is 17.2 Å². The number of methoxy groups -OCH3 is 1. The minimum Gasteiger partial charge on any atom is -0.496 e. The Bertz CT molecular complexity index is 905. The van der Waals surface area contributed by atoms with Crippen LogP contribution in [0.1, 0.15) is 15.2 Å². The average molecular weight is 369 g/mol. The number of ether oxygens (including phenoxy) is 2. The smallest absolute Gasteiger partial charge is 0.342 e. The third-order valence-electron chi connectivity index (χ3n) is 3.90. The number of hydrogen-bond donors (Lipinski definition) is 1. The second-order valence-electron chi connectivity index (χ2n) is 5.66. The van der Waals surface area contributed by atoms with Crippen molar-refractivity contribution in [2.45, 2.75) is 6.42 Å². The molecule has 0 fully saturated rings. The third-order valence-corrected chi connectivity index (χ3v) is 4.83. The van der Waals surface area contributed by atoms with Crippen molar-refractivity contribution in [1.29, 1.82) is 0 Å². The fourth-order valence-electron chi connectivity index (χ4n) is 2.59. The molecule has 1 heterocycles. The van der Waals surface area contributed by atoms with Crippen LogP contribution in [0.2, 0.25) is 0 Å². The summed E-state index contributed by atoms with van der Waals surface area (Å²) in [5, 5.41) is 6.61. The summed E-state index contributed by atoms with van der Waals surface area (Å²) in [4.78, 5) is 25.4. The fraction of sp³-hybridized carbons (Fsp3) is 0.200. The molecular weight excluding hydrogens is 350 g/mol. The van der Waals surface area contributed by atoms with Gasteiger partial charge in [-0.1, -0.05) is 30.3 Å². The molecule has 3 rings (SSSR count). The zero-order valence-electron chi connectivity index (χ0n) is 14.4. The van der Waals surface area contributed by atoms with Gasteiger partial charge in [-0.2, -0.15) is 0 Å². The average Bonchev–Trinajstić information content (AvgIpc) is 3.18. The minimum atomic E-state index is -0.582. The molecule has 0 aliphatic carbocycles. The number of amides is 1. The summed E-state index contributed by atoms with van der Waals surface area (Å²) in [7, 11) is 1.50. The number of thiophene rings is 1. The zero-order chi connectivity index (χ0) is 18.4. The van der Waals surface area contributed by atoms with Crippen molar-refractivity contribution in [3.8, 4) is 5.75 Å². The SMILES string of the molecule is COc1cc2ccccc2cc1C(=O)OCC(=O)NCCc1cccs1. The number of rotatable bonds is 7. The zero-order valence-corrected chi connectivity index (χ0v) is 15.2. The monoisotopic (exact) mass is 369 g/mol. The number of fused-ring (bicyclic) bond motifs is 1. The van der Waals surface area contributed by atoms with E-state index in [2.05, 4.69) is 5.32 Å². The van der Waals surface area contributed by atoms with Gasteiger partial charge in [-0.3, -0.25) is 4.79 Å². The predicted octanol–water partition coefficient (Wildman–Crippen LogP) is 3.43. The number of carbonyl (C=O) groups is 2. The molecule has 6 heteroatoms. The minimum absolute atomic E-state index is 0.303. The maximum Gasteiger partial charge on any atom is 0.342 e. The topological polar surface area (TPSA) is 64.6 Å². The molecule has 0 atom stereocenters. The van der Waals surface area contributed by atoms with Gasteiger partial charge >= 0.3 is 5.97 Å². The van der Waals surface area contributed by atoms with Crippen LogP contribution in [0, 0.1) is 0 Å². The lowest BCUT2D eigenvalue weighted by Gasteiger charge is -2.10. The van der Waals surface area contributed by atoms with Crippen molar-refractivity contribution in [3.63, 3.8) is 0 Å². The van der Waals surface area contributed by atoms with E-state index >= 15 is 0 Å². The highest BCUT2D eigenvalue weighted by Crippen LogP contribution is 2.26. The van der Waals surface area contributed by atoms with Gasteiger partial charge in [0.05, 0.1) is 7.11 Å². The largest absolute Gasteiger partial charge is 0.496 e. The van der Waals surface area contributed by atoms with Crippen LogP contribution < -0.4 is 10.1 Å². The number of benzene rings is 2. The summed E-state index contributed by atoms with van der Waals surface area (Å²) in [5.41, 5.74) is 0.303. The van der Waals surface area contributed by atoms with Crippen LogP contribution in [0.3, 0.4) is 0 Å². The number of carbonyl (C=O) groups excluding carboxylic acids is 2. The van der Waals surface area contributed by atoms with Crippen LogP contribution in [0.25, 0.3) is 10.8 Å². The molecule has 0 bridgehead atoms. The maximum atomic E-state index is 12.4. The standard InChI is InChI=1S/C20H19NO4S/c1-24-18-12-15-6-3-2-5-14(15)11-17(18)20(23)25-13-19(22)21-9-8-16-7-4-10-26-16/h2-7,10-12H,8-9,13H2,1H3,(H,21,22). The molecule has 5 nitrogen and oxygen atoms in total. The van der Waals surface area contributed by atoms with Crippen LogP contribution in [0.15, 0.2) is 53.9 Å². The summed E-state index contributed by atoms with van der Waals surface area (Å²) >= 11 is 1.64. The van der Waals surface area contributed by atoms with Crippen molar-refractivity contribution in [2.75, 3.05) is 20.3 Å². The Morgan fingerprint density at radius 1 is 1.08 bits per heavy atom. The maximum absolute atomic E-state index is 12.4. The van der Waals surface area contributed by atoms with Crippen molar-refractivity contribution in [3.05, 3.63) is 64.4 Å². The summed E-state index contributed by atoms with van der Waals surface area (Å²) in [5.74, 6) is -0.484. The van der Waals surface area contributed by atoms with E-state index < -0.39 is 5.97 Å². The van der Waals surface area contributed by atoms with E-state index in [-0.39, 0.29) is 12.5 Å². The van der Waals surface area contributed by atoms with Crippen LogP contribution in [-0.4, -0.2) is 32.1 Å². The number of esters is 1. The Kier molecular flexibility index (Phi) is 5.86. The molecule has 1 amide bonds. The summed E-state index contributed by atoms with van der Waals surface area (Å²) in [6.07, 6.45) is 0.760.